The van der Waals surface area contributed by atoms with Crippen LogP contribution in [0.3, 0.4) is 0 Å². The summed E-state index contributed by atoms with van der Waals surface area (Å²) in [5, 5.41) is 3.88. The van der Waals surface area contributed by atoms with E-state index in [4.69, 9.17) is 0 Å². The minimum atomic E-state index is 0.936. The van der Waals surface area contributed by atoms with Crippen molar-refractivity contribution in [3.63, 3.8) is 0 Å². The molecule has 0 fully saturated rings. The summed E-state index contributed by atoms with van der Waals surface area (Å²) in [4.78, 5) is 2.38. The molecule has 6 aromatic carbocycles. The van der Waals surface area contributed by atoms with Crippen LogP contribution in [-0.4, -0.2) is 13.7 Å². The Hall–Kier alpha value is -7.30. The molecule has 3 aromatic heterocycles. The average molecular weight is 761 g/mol. The molecule has 3 heterocycles. The van der Waals surface area contributed by atoms with Crippen LogP contribution in [0.5, 0.6) is 0 Å². The third-order valence-corrected chi connectivity index (χ3v) is 12.2. The van der Waals surface area contributed by atoms with Crippen LogP contribution in [-0.2, 0) is 6.42 Å². The van der Waals surface area contributed by atoms with Gasteiger partial charge in [0.2, 0.25) is 0 Å². The summed E-state index contributed by atoms with van der Waals surface area (Å²) in [7, 11) is 0. The predicted octanol–water partition coefficient (Wildman–Crippen LogP) is 14.7. The largest absolute Gasteiger partial charge is 0.313 e. The average Bonchev–Trinajstić information content (AvgIpc) is 3.80. The monoisotopic (exact) mass is 760 g/mol. The van der Waals surface area contributed by atoms with Crippen LogP contribution < -0.4 is 4.90 Å². The minimum Gasteiger partial charge on any atom is -0.313 e. The fourth-order valence-corrected chi connectivity index (χ4v) is 9.61. The van der Waals surface area contributed by atoms with Gasteiger partial charge in [0.15, 0.2) is 0 Å². The Bertz CT molecular complexity index is 3180. The summed E-state index contributed by atoms with van der Waals surface area (Å²) in [6.07, 6.45) is 21.1. The molecule has 0 aliphatic heterocycles. The maximum atomic E-state index is 2.43. The van der Waals surface area contributed by atoms with Crippen LogP contribution >= 0.6 is 0 Å². The number of aryl methyl sites for hydroxylation is 1. The Morgan fingerprint density at radius 2 is 0.983 bits per heavy atom. The first-order valence-corrected chi connectivity index (χ1v) is 20.8. The topological polar surface area (TPSA) is 18.0 Å². The van der Waals surface area contributed by atoms with Gasteiger partial charge in [0, 0.05) is 72.8 Å². The first-order valence-electron chi connectivity index (χ1n) is 20.8. The minimum absolute atomic E-state index is 0.936. The van der Waals surface area contributed by atoms with Gasteiger partial charge < -0.3 is 18.6 Å². The Balaban J connectivity index is 1.03. The lowest BCUT2D eigenvalue weighted by atomic mass is 10.0. The van der Waals surface area contributed by atoms with Gasteiger partial charge in [0.1, 0.15) is 0 Å². The summed E-state index contributed by atoms with van der Waals surface area (Å²) in [5.41, 5.74) is 18.1. The van der Waals surface area contributed by atoms with Gasteiger partial charge in [0.05, 0.1) is 22.2 Å². The zero-order valence-corrected chi connectivity index (χ0v) is 33.4. The second-order valence-electron chi connectivity index (χ2n) is 15.6. The zero-order valence-electron chi connectivity index (χ0n) is 33.4. The van der Waals surface area contributed by atoms with E-state index >= 15 is 0 Å². The number of aromatic nitrogens is 3. The molecule has 2 aliphatic carbocycles. The zero-order chi connectivity index (χ0) is 39.5. The van der Waals surface area contributed by atoms with Gasteiger partial charge in [-0.25, -0.2) is 0 Å². The quantitative estimate of drug-likeness (QED) is 0.158. The Morgan fingerprint density at radius 3 is 1.61 bits per heavy atom. The summed E-state index contributed by atoms with van der Waals surface area (Å²) in [5.74, 6) is 0. The van der Waals surface area contributed by atoms with Gasteiger partial charge in [-0.3, -0.25) is 0 Å². The van der Waals surface area contributed by atoms with Gasteiger partial charge in [-0.2, -0.15) is 0 Å². The molecule has 11 rings (SSSR count). The van der Waals surface area contributed by atoms with Crippen molar-refractivity contribution in [2.45, 2.75) is 33.1 Å². The normalized spacial score (nSPS) is 13.5. The lowest BCUT2D eigenvalue weighted by Crippen LogP contribution is -2.11. The van der Waals surface area contributed by atoms with Crippen molar-refractivity contribution in [2.75, 3.05) is 4.90 Å². The summed E-state index contributed by atoms with van der Waals surface area (Å²) in [6, 6.07) is 53.5. The number of fused-ring (bicyclic) bond motifs is 7. The highest BCUT2D eigenvalue weighted by Gasteiger charge is 2.21. The molecule has 0 bridgehead atoms. The summed E-state index contributed by atoms with van der Waals surface area (Å²) >= 11 is 0. The predicted molar refractivity (Wildman–Crippen MR) is 251 cm³/mol. The molecule has 4 nitrogen and oxygen atoms in total. The van der Waals surface area contributed by atoms with Crippen molar-refractivity contribution in [2.24, 2.45) is 0 Å². The SMILES string of the molecule is C/C=C\c1c(C)n(-c2ccc(N(c3ccc(-n4c5c(c6ccccc64)C=CCC=C5)cc3)c3ccc(-n4c5c(c6ccccc64)CCC=C5)cc3)cc2)c2ccccc12. The molecule has 0 saturated heterocycles. The van der Waals surface area contributed by atoms with Crippen LogP contribution in [0.25, 0.3) is 74.1 Å². The van der Waals surface area contributed by atoms with Crippen LogP contribution in [0, 0.1) is 6.92 Å². The maximum Gasteiger partial charge on any atom is 0.0541 e. The molecule has 0 unspecified atom stereocenters. The molecule has 0 atom stereocenters. The van der Waals surface area contributed by atoms with Crippen molar-refractivity contribution < 1.29 is 0 Å². The molecule has 59 heavy (non-hydrogen) atoms. The molecule has 284 valence electrons. The van der Waals surface area contributed by atoms with Crippen molar-refractivity contribution in [1.29, 1.82) is 0 Å². The van der Waals surface area contributed by atoms with E-state index in [1.807, 2.05) is 0 Å². The van der Waals surface area contributed by atoms with Gasteiger partial charge in [-0.05, 0) is 142 Å². The van der Waals surface area contributed by atoms with E-state index in [-0.39, 0.29) is 0 Å². The van der Waals surface area contributed by atoms with Gasteiger partial charge in [0.25, 0.3) is 0 Å². The number of hydrogen-bond donors (Lipinski definition) is 0. The second kappa shape index (κ2) is 14.3. The van der Waals surface area contributed by atoms with E-state index in [1.165, 1.54) is 66.5 Å². The van der Waals surface area contributed by atoms with E-state index in [0.29, 0.717) is 0 Å². The van der Waals surface area contributed by atoms with Crippen LogP contribution in [0.2, 0.25) is 0 Å². The number of hydrogen-bond acceptors (Lipinski definition) is 1. The van der Waals surface area contributed by atoms with Crippen LogP contribution in [0.15, 0.2) is 170 Å². The lowest BCUT2D eigenvalue weighted by molar-refractivity contribution is 0.967. The Morgan fingerprint density at radius 1 is 0.492 bits per heavy atom. The highest BCUT2D eigenvalue weighted by atomic mass is 15.1. The standard InChI is InChI=1S/C55H44N4/c1-3-15-45-38(2)56(51-22-11-7-17-46(45)51)39-26-28-40(29-27-39)57(42-32-36-44(37-33-42)59-54-24-13-9-19-49(54)50-20-10-14-25-55(50)59)41-30-34-43(35-31-41)58-52-21-6-4-5-16-47(52)48-18-8-12-23-53(48)58/h3,5-9,11-19,21-37H,4,10,20H2,1-2H3/b15-3-. The smallest absolute Gasteiger partial charge is 0.0541 e. The molecular weight excluding hydrogens is 717 g/mol. The van der Waals surface area contributed by atoms with Crippen LogP contribution in [0.4, 0.5) is 17.1 Å². The van der Waals surface area contributed by atoms with Crippen molar-refractivity contribution in [1.82, 2.24) is 13.7 Å². The van der Waals surface area contributed by atoms with Crippen molar-refractivity contribution >= 4 is 74.1 Å². The second-order valence-corrected chi connectivity index (χ2v) is 15.6. The number of anilines is 3. The van der Waals surface area contributed by atoms with E-state index in [2.05, 4.69) is 227 Å². The third kappa shape index (κ3) is 5.66. The van der Waals surface area contributed by atoms with Crippen LogP contribution in [0.1, 0.15) is 53.5 Å². The van der Waals surface area contributed by atoms with E-state index in [1.54, 1.807) is 0 Å². The van der Waals surface area contributed by atoms with E-state index < -0.39 is 0 Å². The highest BCUT2D eigenvalue weighted by Crippen LogP contribution is 2.40. The molecule has 0 radical (unpaired) electrons. The fraction of sp³-hybridized carbons (Fsp3) is 0.0909. The van der Waals surface area contributed by atoms with Gasteiger partial charge in [-0.1, -0.05) is 91.1 Å². The Labute approximate surface area is 345 Å². The summed E-state index contributed by atoms with van der Waals surface area (Å²) in [6.45, 7) is 4.31. The Kier molecular flexibility index (Phi) is 8.44. The number of rotatable bonds is 7. The first kappa shape index (κ1) is 34.9. The van der Waals surface area contributed by atoms with Crippen molar-refractivity contribution in [3.05, 3.63) is 204 Å². The number of benzene rings is 6. The summed E-state index contributed by atoms with van der Waals surface area (Å²) < 4.78 is 7.21. The molecule has 4 heteroatoms. The van der Waals surface area contributed by atoms with E-state index in [9.17, 15) is 0 Å². The highest BCUT2D eigenvalue weighted by molar-refractivity contribution is 5.97. The molecule has 0 saturated carbocycles. The molecule has 2 aliphatic rings. The van der Waals surface area contributed by atoms with Gasteiger partial charge in [-0.15, -0.1) is 0 Å². The number of allylic oxidation sites excluding steroid dienone is 4. The van der Waals surface area contributed by atoms with E-state index in [0.717, 1.165) is 53.4 Å². The third-order valence-electron chi connectivity index (χ3n) is 12.2. The molecule has 0 spiro atoms. The van der Waals surface area contributed by atoms with Crippen molar-refractivity contribution in [3.8, 4) is 17.1 Å². The molecule has 0 N–H and O–H groups in total. The maximum absolute atomic E-state index is 2.43. The molecule has 0 amide bonds. The number of para-hydroxylation sites is 3. The number of nitrogens with zero attached hydrogens (tertiary/aromatic N) is 4. The van der Waals surface area contributed by atoms with Gasteiger partial charge >= 0.3 is 0 Å². The first-order chi connectivity index (χ1) is 29.2. The molecular formula is C55H44N4. The lowest BCUT2D eigenvalue weighted by Gasteiger charge is -2.26. The fourth-order valence-electron chi connectivity index (χ4n) is 9.61. The molecule has 9 aromatic rings.